The molecule has 2 amide bonds. The number of nitrogens with zero attached hydrogens (tertiary/aromatic N) is 1. The van der Waals surface area contributed by atoms with Gasteiger partial charge in [0.05, 0.1) is 36.4 Å². The Morgan fingerprint density at radius 1 is 1.32 bits per heavy atom. The lowest BCUT2D eigenvalue weighted by Crippen LogP contribution is -2.35. The van der Waals surface area contributed by atoms with E-state index in [1.807, 2.05) is 30.3 Å². The first kappa shape index (κ1) is 17.3. The molecule has 4 N–H and O–H groups in total. The first-order valence-electron chi connectivity index (χ1n) is 8.10. The van der Waals surface area contributed by atoms with Crippen molar-refractivity contribution in [1.29, 1.82) is 0 Å². The van der Waals surface area contributed by atoms with Gasteiger partial charge in [-0.1, -0.05) is 18.2 Å². The molecular weight excluding hydrogens is 324 g/mol. The fourth-order valence-electron chi connectivity index (χ4n) is 2.83. The minimum atomic E-state index is -0.497. The molecule has 8 heteroatoms. The molecule has 3 rings (SSSR count). The maximum Gasteiger partial charge on any atom is 0.245 e. The predicted molar refractivity (Wildman–Crippen MR) is 91.1 cm³/mol. The predicted octanol–water partition coefficient (Wildman–Crippen LogP) is 0.816. The SMILES string of the molecule is O=C(CCO[C@H]1CN[C@H](C(=O)Nc2cccc3cccnc23)C1)NO. The molecule has 0 bridgehead atoms. The van der Waals surface area contributed by atoms with Gasteiger partial charge in [-0.15, -0.1) is 0 Å². The molecule has 8 nitrogen and oxygen atoms in total. The van der Waals surface area contributed by atoms with E-state index in [1.54, 1.807) is 11.7 Å². The molecule has 1 fully saturated rings. The molecule has 1 aliphatic heterocycles. The number of nitrogens with one attached hydrogen (secondary N) is 3. The number of carbonyl (C=O) groups excluding carboxylic acids is 2. The number of hydroxylamine groups is 1. The Morgan fingerprint density at radius 2 is 2.16 bits per heavy atom. The molecule has 132 valence electrons. The van der Waals surface area contributed by atoms with Crippen molar-refractivity contribution in [2.24, 2.45) is 0 Å². The second kappa shape index (κ2) is 8.02. The van der Waals surface area contributed by atoms with E-state index >= 15 is 0 Å². The van der Waals surface area contributed by atoms with Crippen LogP contribution in [0.25, 0.3) is 10.9 Å². The summed E-state index contributed by atoms with van der Waals surface area (Å²) in [5.41, 5.74) is 2.98. The van der Waals surface area contributed by atoms with Crippen LogP contribution < -0.4 is 16.1 Å². The molecule has 25 heavy (non-hydrogen) atoms. The standard InChI is InChI=1S/C17H20N4O4/c22-15(21-24)6-8-25-12-9-14(19-10-12)17(23)20-13-5-1-3-11-4-2-7-18-16(11)13/h1-5,7,12,14,19,24H,6,8-10H2,(H,20,23)(H,21,22)/t12-,14+/m1/s1. The molecule has 1 aliphatic rings. The van der Waals surface area contributed by atoms with Gasteiger partial charge in [0.25, 0.3) is 0 Å². The summed E-state index contributed by atoms with van der Waals surface area (Å²) in [6.45, 7) is 0.729. The van der Waals surface area contributed by atoms with Gasteiger partial charge in [0, 0.05) is 18.1 Å². The van der Waals surface area contributed by atoms with Crippen molar-refractivity contribution in [3.8, 4) is 0 Å². The van der Waals surface area contributed by atoms with Gasteiger partial charge in [-0.25, -0.2) is 5.48 Å². The molecule has 2 heterocycles. The Morgan fingerprint density at radius 3 is 3.00 bits per heavy atom. The number of para-hydroxylation sites is 1. The lowest BCUT2D eigenvalue weighted by molar-refractivity contribution is -0.130. The summed E-state index contributed by atoms with van der Waals surface area (Å²) < 4.78 is 5.55. The summed E-state index contributed by atoms with van der Waals surface area (Å²) in [7, 11) is 0. The Hall–Kier alpha value is -2.55. The second-order valence-corrected chi connectivity index (χ2v) is 5.84. The van der Waals surface area contributed by atoms with Crippen LogP contribution in [0, 0.1) is 0 Å². The van der Waals surface area contributed by atoms with E-state index < -0.39 is 5.91 Å². The number of benzene rings is 1. The third-order valence-electron chi connectivity index (χ3n) is 4.10. The molecule has 0 spiro atoms. The Kier molecular flexibility index (Phi) is 5.54. The van der Waals surface area contributed by atoms with Crippen LogP contribution in [-0.4, -0.2) is 47.3 Å². The van der Waals surface area contributed by atoms with E-state index in [2.05, 4.69) is 15.6 Å². The van der Waals surface area contributed by atoms with E-state index in [-0.39, 0.29) is 31.1 Å². The lowest BCUT2D eigenvalue weighted by atomic mass is 10.1. The zero-order valence-electron chi connectivity index (χ0n) is 13.6. The van der Waals surface area contributed by atoms with Crippen LogP contribution in [0.3, 0.4) is 0 Å². The highest BCUT2D eigenvalue weighted by atomic mass is 16.5. The zero-order valence-corrected chi connectivity index (χ0v) is 13.6. The molecule has 0 aliphatic carbocycles. The van der Waals surface area contributed by atoms with Gasteiger partial charge in [-0.2, -0.15) is 0 Å². The first-order valence-corrected chi connectivity index (χ1v) is 8.10. The quantitative estimate of drug-likeness (QED) is 0.456. The number of fused-ring (bicyclic) bond motifs is 1. The first-order chi connectivity index (χ1) is 12.2. The second-order valence-electron chi connectivity index (χ2n) is 5.84. The summed E-state index contributed by atoms with van der Waals surface area (Å²) >= 11 is 0. The van der Waals surface area contributed by atoms with Gasteiger partial charge in [0.15, 0.2) is 0 Å². The number of pyridine rings is 1. The van der Waals surface area contributed by atoms with Crippen molar-refractivity contribution >= 4 is 28.4 Å². The highest BCUT2D eigenvalue weighted by Gasteiger charge is 2.30. The molecule has 1 aromatic heterocycles. The molecule has 0 unspecified atom stereocenters. The number of rotatable bonds is 6. The fraction of sp³-hybridized carbons (Fsp3) is 0.353. The van der Waals surface area contributed by atoms with E-state index in [0.29, 0.717) is 18.7 Å². The fourth-order valence-corrected chi connectivity index (χ4v) is 2.83. The van der Waals surface area contributed by atoms with Crippen molar-refractivity contribution in [2.45, 2.75) is 25.0 Å². The van der Waals surface area contributed by atoms with E-state index in [9.17, 15) is 9.59 Å². The number of ether oxygens (including phenoxy) is 1. The van der Waals surface area contributed by atoms with Crippen molar-refractivity contribution in [2.75, 3.05) is 18.5 Å². The number of carbonyl (C=O) groups is 2. The average Bonchev–Trinajstić information content (AvgIpc) is 3.11. The number of anilines is 1. The summed E-state index contributed by atoms with van der Waals surface area (Å²) in [5, 5.41) is 15.4. The number of hydrogen-bond acceptors (Lipinski definition) is 6. The molecule has 1 aromatic carbocycles. The minimum absolute atomic E-state index is 0.0749. The van der Waals surface area contributed by atoms with Gasteiger partial charge in [0.1, 0.15) is 0 Å². The van der Waals surface area contributed by atoms with Gasteiger partial charge < -0.3 is 15.4 Å². The van der Waals surface area contributed by atoms with Crippen LogP contribution in [-0.2, 0) is 14.3 Å². The van der Waals surface area contributed by atoms with E-state index in [0.717, 1.165) is 10.9 Å². The summed E-state index contributed by atoms with van der Waals surface area (Å²) in [4.78, 5) is 27.7. The van der Waals surface area contributed by atoms with Crippen molar-refractivity contribution in [3.63, 3.8) is 0 Å². The highest BCUT2D eigenvalue weighted by Crippen LogP contribution is 2.21. The van der Waals surface area contributed by atoms with Crippen LogP contribution in [0.1, 0.15) is 12.8 Å². The number of amides is 2. The summed E-state index contributed by atoms with van der Waals surface area (Å²) in [6.07, 6.45) is 2.14. The zero-order chi connectivity index (χ0) is 17.6. The maximum absolute atomic E-state index is 12.5. The molecule has 0 saturated carbocycles. The molecule has 2 aromatic rings. The summed E-state index contributed by atoms with van der Waals surface area (Å²) in [5.74, 6) is -0.638. The van der Waals surface area contributed by atoms with Crippen LogP contribution in [0.15, 0.2) is 36.5 Å². The lowest BCUT2D eigenvalue weighted by Gasteiger charge is -2.13. The van der Waals surface area contributed by atoms with Gasteiger partial charge in [0.2, 0.25) is 11.8 Å². The highest BCUT2D eigenvalue weighted by molar-refractivity contribution is 6.02. The monoisotopic (exact) mass is 344 g/mol. The van der Waals surface area contributed by atoms with E-state index in [1.165, 1.54) is 0 Å². The van der Waals surface area contributed by atoms with Crippen LogP contribution in [0.5, 0.6) is 0 Å². The number of aromatic nitrogens is 1. The smallest absolute Gasteiger partial charge is 0.245 e. The van der Waals surface area contributed by atoms with Crippen molar-refractivity contribution < 1.29 is 19.5 Å². The van der Waals surface area contributed by atoms with Gasteiger partial charge >= 0.3 is 0 Å². The Balaban J connectivity index is 1.54. The third kappa shape index (κ3) is 4.30. The van der Waals surface area contributed by atoms with Gasteiger partial charge in [-0.3, -0.25) is 19.8 Å². The Bertz CT molecular complexity index is 762. The topological polar surface area (TPSA) is 113 Å². The molecule has 0 radical (unpaired) electrons. The number of hydrogen-bond donors (Lipinski definition) is 4. The van der Waals surface area contributed by atoms with Crippen molar-refractivity contribution in [1.82, 2.24) is 15.8 Å². The molecule has 1 saturated heterocycles. The normalized spacial score (nSPS) is 19.7. The molecular formula is C17H20N4O4. The Labute approximate surface area is 144 Å². The maximum atomic E-state index is 12.5. The average molecular weight is 344 g/mol. The largest absolute Gasteiger partial charge is 0.376 e. The van der Waals surface area contributed by atoms with E-state index in [4.69, 9.17) is 9.94 Å². The molecule has 2 atom stereocenters. The van der Waals surface area contributed by atoms with Crippen LogP contribution in [0.2, 0.25) is 0 Å². The van der Waals surface area contributed by atoms with Gasteiger partial charge in [-0.05, 0) is 18.6 Å². The minimum Gasteiger partial charge on any atom is -0.376 e. The van der Waals surface area contributed by atoms with Crippen LogP contribution >= 0.6 is 0 Å². The van der Waals surface area contributed by atoms with Crippen LogP contribution in [0.4, 0.5) is 5.69 Å². The summed E-state index contributed by atoms with van der Waals surface area (Å²) in [6, 6.07) is 9.07. The third-order valence-corrected chi connectivity index (χ3v) is 4.10. The van der Waals surface area contributed by atoms with Crippen molar-refractivity contribution in [3.05, 3.63) is 36.5 Å².